The van der Waals surface area contributed by atoms with Crippen LogP contribution >= 0.6 is 11.6 Å². The molecule has 1 aliphatic heterocycles. The van der Waals surface area contributed by atoms with Crippen molar-refractivity contribution in [3.63, 3.8) is 0 Å². The van der Waals surface area contributed by atoms with Gasteiger partial charge in [0.2, 0.25) is 0 Å². The summed E-state index contributed by atoms with van der Waals surface area (Å²) < 4.78 is 0. The van der Waals surface area contributed by atoms with Crippen LogP contribution in [0.4, 0.5) is 0 Å². The minimum absolute atomic E-state index is 0.0898. The number of hydrogen-bond donors (Lipinski definition) is 0. The maximum atomic E-state index is 6.11. The van der Waals surface area contributed by atoms with Crippen molar-refractivity contribution in [3.8, 4) is 0 Å². The molecule has 0 spiro atoms. The lowest BCUT2D eigenvalue weighted by atomic mass is 9.99. The zero-order valence-corrected chi connectivity index (χ0v) is 6.91. The third-order valence-corrected chi connectivity index (χ3v) is 2.41. The molecular formula is C7H14ClN. The number of alkyl halides is 1. The molecule has 0 bridgehead atoms. The Bertz CT molecular complexity index is 91.1. The Balaban J connectivity index is 2.35. The van der Waals surface area contributed by atoms with Gasteiger partial charge in [0.05, 0.1) is 0 Å². The molecule has 0 aromatic carbocycles. The van der Waals surface area contributed by atoms with Gasteiger partial charge in [0.15, 0.2) is 0 Å². The summed E-state index contributed by atoms with van der Waals surface area (Å²) in [6.45, 7) is 4.43. The lowest BCUT2D eigenvalue weighted by Gasteiger charge is -2.32. The number of piperidine rings is 1. The smallest absolute Gasteiger partial charge is 0.0443 e. The van der Waals surface area contributed by atoms with Crippen molar-refractivity contribution in [2.45, 2.75) is 24.6 Å². The van der Waals surface area contributed by atoms with Gasteiger partial charge < -0.3 is 4.90 Å². The van der Waals surface area contributed by atoms with E-state index in [0.717, 1.165) is 25.9 Å². The molecule has 54 valence electrons. The first-order valence-corrected chi connectivity index (χ1v) is 3.85. The van der Waals surface area contributed by atoms with Crippen LogP contribution in [0.2, 0.25) is 0 Å². The second-order valence-corrected chi connectivity index (χ2v) is 4.13. The normalized spacial score (nSPS) is 28.3. The Morgan fingerprint density at radius 2 is 1.78 bits per heavy atom. The predicted octanol–water partition coefficient (Wildman–Crippen LogP) is 1.71. The van der Waals surface area contributed by atoms with Gasteiger partial charge in [-0.2, -0.15) is 0 Å². The quantitative estimate of drug-likeness (QED) is 0.472. The Labute approximate surface area is 62.0 Å². The van der Waals surface area contributed by atoms with Crippen molar-refractivity contribution in [1.82, 2.24) is 4.90 Å². The van der Waals surface area contributed by atoms with E-state index in [9.17, 15) is 0 Å². The topological polar surface area (TPSA) is 3.24 Å². The molecule has 2 heteroatoms. The van der Waals surface area contributed by atoms with E-state index in [4.69, 9.17) is 11.6 Å². The van der Waals surface area contributed by atoms with E-state index < -0.39 is 0 Å². The van der Waals surface area contributed by atoms with Crippen LogP contribution < -0.4 is 0 Å². The average molecular weight is 148 g/mol. The molecule has 0 N–H and O–H groups in total. The highest BCUT2D eigenvalue weighted by molar-refractivity contribution is 6.23. The molecule has 1 aliphatic rings. The molecule has 9 heavy (non-hydrogen) atoms. The number of likely N-dealkylation sites (tertiary alicyclic amines) is 1. The number of hydrogen-bond acceptors (Lipinski definition) is 1. The van der Waals surface area contributed by atoms with Gasteiger partial charge in [-0.15, -0.1) is 11.6 Å². The van der Waals surface area contributed by atoms with E-state index in [-0.39, 0.29) is 4.87 Å². The van der Waals surface area contributed by atoms with Crippen molar-refractivity contribution >= 4 is 11.6 Å². The van der Waals surface area contributed by atoms with Gasteiger partial charge in [-0.05, 0) is 39.9 Å². The van der Waals surface area contributed by atoms with Gasteiger partial charge in [-0.1, -0.05) is 0 Å². The molecule has 1 rings (SSSR count). The molecule has 1 nitrogen and oxygen atoms in total. The highest BCUT2D eigenvalue weighted by Gasteiger charge is 2.25. The lowest BCUT2D eigenvalue weighted by molar-refractivity contribution is 0.244. The Morgan fingerprint density at radius 1 is 1.33 bits per heavy atom. The summed E-state index contributed by atoms with van der Waals surface area (Å²) in [5.74, 6) is 0. The molecular weight excluding hydrogens is 134 g/mol. The third kappa shape index (κ3) is 2.15. The van der Waals surface area contributed by atoms with Gasteiger partial charge in [0.1, 0.15) is 0 Å². The van der Waals surface area contributed by atoms with Crippen LogP contribution in [0.5, 0.6) is 0 Å². The van der Waals surface area contributed by atoms with E-state index in [1.165, 1.54) is 0 Å². The standard InChI is InChI=1S/C7H14ClN/c1-7(8)3-5-9(2)6-4-7/h3-6H2,1-2H3. The summed E-state index contributed by atoms with van der Waals surface area (Å²) >= 11 is 6.11. The lowest BCUT2D eigenvalue weighted by Crippen LogP contribution is -2.36. The molecule has 0 saturated carbocycles. The van der Waals surface area contributed by atoms with Crippen LogP contribution in [0, 0.1) is 0 Å². The Hall–Kier alpha value is 0.250. The second-order valence-electron chi connectivity index (χ2n) is 3.22. The van der Waals surface area contributed by atoms with Crippen LogP contribution in [-0.4, -0.2) is 29.9 Å². The summed E-state index contributed by atoms with van der Waals surface area (Å²) in [6, 6.07) is 0. The zero-order valence-electron chi connectivity index (χ0n) is 6.15. The van der Waals surface area contributed by atoms with Gasteiger partial charge in [-0.3, -0.25) is 0 Å². The first-order chi connectivity index (χ1) is 4.10. The molecule has 0 atom stereocenters. The Morgan fingerprint density at radius 3 is 2.11 bits per heavy atom. The molecule has 0 aromatic heterocycles. The summed E-state index contributed by atoms with van der Waals surface area (Å²) in [5, 5.41) is 0. The van der Waals surface area contributed by atoms with E-state index >= 15 is 0 Å². The molecule has 1 saturated heterocycles. The van der Waals surface area contributed by atoms with Crippen molar-refractivity contribution in [3.05, 3.63) is 0 Å². The number of nitrogens with zero attached hydrogens (tertiary/aromatic N) is 1. The summed E-state index contributed by atoms with van der Waals surface area (Å²) in [5.41, 5.74) is 0. The minimum Gasteiger partial charge on any atom is -0.306 e. The number of halogens is 1. The maximum absolute atomic E-state index is 6.11. The largest absolute Gasteiger partial charge is 0.306 e. The first-order valence-electron chi connectivity index (χ1n) is 3.48. The summed E-state index contributed by atoms with van der Waals surface area (Å²) in [7, 11) is 2.14. The van der Waals surface area contributed by atoms with Crippen LogP contribution in [0.1, 0.15) is 19.8 Å². The molecule has 1 fully saturated rings. The van der Waals surface area contributed by atoms with Gasteiger partial charge in [0, 0.05) is 4.87 Å². The zero-order chi connectivity index (χ0) is 6.91. The van der Waals surface area contributed by atoms with Crippen molar-refractivity contribution in [2.24, 2.45) is 0 Å². The van der Waals surface area contributed by atoms with Crippen LogP contribution in [-0.2, 0) is 0 Å². The molecule has 0 aromatic rings. The highest BCUT2D eigenvalue weighted by atomic mass is 35.5. The molecule has 0 amide bonds. The maximum Gasteiger partial charge on any atom is 0.0443 e. The summed E-state index contributed by atoms with van der Waals surface area (Å²) in [4.78, 5) is 2.41. The van der Waals surface area contributed by atoms with E-state index in [1.54, 1.807) is 0 Å². The monoisotopic (exact) mass is 147 g/mol. The molecule has 0 radical (unpaired) electrons. The number of rotatable bonds is 0. The Kier molecular flexibility index (Phi) is 2.02. The van der Waals surface area contributed by atoms with Crippen LogP contribution in [0.25, 0.3) is 0 Å². The first kappa shape index (κ1) is 7.36. The fraction of sp³-hybridized carbons (Fsp3) is 1.00. The van der Waals surface area contributed by atoms with Crippen molar-refractivity contribution < 1.29 is 0 Å². The predicted molar refractivity (Wildman–Crippen MR) is 41.0 cm³/mol. The third-order valence-electron chi connectivity index (χ3n) is 2.03. The average Bonchev–Trinajstić information content (AvgIpc) is 1.78. The van der Waals surface area contributed by atoms with E-state index in [1.807, 2.05) is 0 Å². The van der Waals surface area contributed by atoms with Crippen LogP contribution in [0.15, 0.2) is 0 Å². The second kappa shape index (κ2) is 2.47. The van der Waals surface area contributed by atoms with E-state index in [0.29, 0.717) is 0 Å². The SMILES string of the molecule is CN1CCC(C)(Cl)CC1. The summed E-state index contributed by atoms with van der Waals surface area (Å²) in [6.07, 6.45) is 2.26. The fourth-order valence-corrected chi connectivity index (χ4v) is 1.25. The van der Waals surface area contributed by atoms with Crippen molar-refractivity contribution in [1.29, 1.82) is 0 Å². The van der Waals surface area contributed by atoms with E-state index in [2.05, 4.69) is 18.9 Å². The molecule has 1 heterocycles. The van der Waals surface area contributed by atoms with Gasteiger partial charge >= 0.3 is 0 Å². The fourth-order valence-electron chi connectivity index (χ4n) is 1.08. The van der Waals surface area contributed by atoms with Gasteiger partial charge in [-0.25, -0.2) is 0 Å². The molecule has 0 unspecified atom stereocenters. The van der Waals surface area contributed by atoms with Gasteiger partial charge in [0.25, 0.3) is 0 Å². The minimum atomic E-state index is 0.0898. The molecule has 0 aliphatic carbocycles. The van der Waals surface area contributed by atoms with Crippen LogP contribution in [0.3, 0.4) is 0 Å². The highest BCUT2D eigenvalue weighted by Crippen LogP contribution is 2.27. The van der Waals surface area contributed by atoms with Crippen molar-refractivity contribution in [2.75, 3.05) is 20.1 Å².